The van der Waals surface area contributed by atoms with Crippen LogP contribution in [0.15, 0.2) is 59.7 Å². The fraction of sp³-hybridized carbons (Fsp3) is 0.200. The molecule has 0 N–H and O–H groups in total. The van der Waals surface area contributed by atoms with Gasteiger partial charge in [0.05, 0.1) is 16.8 Å². The molecule has 0 bridgehead atoms. The SMILES string of the molecule is CC1(C)Cc2ccccc2C(c2cnc3ccc(Cl)cc3c2)=N1. The number of aromatic nitrogens is 1. The number of aliphatic imine (C=N–C) groups is 1. The van der Waals surface area contributed by atoms with Crippen LogP contribution in [-0.2, 0) is 6.42 Å². The Kier molecular flexibility index (Phi) is 3.24. The van der Waals surface area contributed by atoms with Crippen molar-refractivity contribution in [3.05, 3.63) is 76.4 Å². The van der Waals surface area contributed by atoms with Gasteiger partial charge in [-0.15, -0.1) is 0 Å². The fourth-order valence-corrected chi connectivity index (χ4v) is 3.41. The van der Waals surface area contributed by atoms with E-state index in [0.29, 0.717) is 0 Å². The summed E-state index contributed by atoms with van der Waals surface area (Å²) in [5.41, 5.74) is 5.45. The summed E-state index contributed by atoms with van der Waals surface area (Å²) in [6.07, 6.45) is 2.87. The molecular weight excluding hydrogens is 304 g/mol. The van der Waals surface area contributed by atoms with Gasteiger partial charge in [-0.2, -0.15) is 0 Å². The maximum absolute atomic E-state index is 6.13. The first-order chi connectivity index (χ1) is 11.0. The van der Waals surface area contributed by atoms with Gasteiger partial charge in [0.25, 0.3) is 0 Å². The third-order valence-electron chi connectivity index (χ3n) is 4.23. The molecule has 114 valence electrons. The van der Waals surface area contributed by atoms with E-state index in [2.05, 4.69) is 49.2 Å². The molecule has 23 heavy (non-hydrogen) atoms. The topological polar surface area (TPSA) is 25.2 Å². The summed E-state index contributed by atoms with van der Waals surface area (Å²) in [5.74, 6) is 0. The average Bonchev–Trinajstić information content (AvgIpc) is 2.52. The van der Waals surface area contributed by atoms with Crippen LogP contribution >= 0.6 is 11.6 Å². The molecule has 0 unspecified atom stereocenters. The summed E-state index contributed by atoms with van der Waals surface area (Å²) in [4.78, 5) is 9.58. The maximum Gasteiger partial charge on any atom is 0.0744 e. The molecule has 0 amide bonds. The number of hydrogen-bond donors (Lipinski definition) is 0. The Morgan fingerprint density at radius 3 is 2.74 bits per heavy atom. The Morgan fingerprint density at radius 2 is 1.87 bits per heavy atom. The average molecular weight is 321 g/mol. The molecule has 0 atom stereocenters. The zero-order valence-electron chi connectivity index (χ0n) is 13.2. The molecule has 1 aromatic heterocycles. The number of rotatable bonds is 1. The number of nitrogens with zero attached hydrogens (tertiary/aromatic N) is 2. The molecule has 3 aromatic rings. The van der Waals surface area contributed by atoms with Crippen LogP contribution in [0.2, 0.25) is 5.02 Å². The van der Waals surface area contributed by atoms with E-state index in [1.165, 1.54) is 11.1 Å². The van der Waals surface area contributed by atoms with Crippen LogP contribution in [0.5, 0.6) is 0 Å². The van der Waals surface area contributed by atoms with Crippen molar-refractivity contribution in [3.63, 3.8) is 0 Å². The van der Waals surface area contributed by atoms with Gasteiger partial charge in [-0.25, -0.2) is 0 Å². The normalized spacial score (nSPS) is 16.0. The predicted molar refractivity (Wildman–Crippen MR) is 96.6 cm³/mol. The van der Waals surface area contributed by atoms with Gasteiger partial charge in [-0.05, 0) is 50.1 Å². The Bertz CT molecular complexity index is 941. The van der Waals surface area contributed by atoms with Crippen molar-refractivity contribution < 1.29 is 0 Å². The highest BCUT2D eigenvalue weighted by atomic mass is 35.5. The molecular formula is C20H17ClN2. The third kappa shape index (κ3) is 2.64. The largest absolute Gasteiger partial charge is 0.278 e. The van der Waals surface area contributed by atoms with Gasteiger partial charge in [-0.1, -0.05) is 35.9 Å². The van der Waals surface area contributed by atoms with Crippen LogP contribution in [-0.4, -0.2) is 16.2 Å². The molecule has 0 radical (unpaired) electrons. The molecule has 3 heteroatoms. The van der Waals surface area contributed by atoms with Crippen molar-refractivity contribution in [1.29, 1.82) is 0 Å². The molecule has 2 heterocycles. The lowest BCUT2D eigenvalue weighted by atomic mass is 9.85. The molecule has 2 aromatic carbocycles. The van der Waals surface area contributed by atoms with Gasteiger partial charge >= 0.3 is 0 Å². The zero-order chi connectivity index (χ0) is 16.0. The minimum atomic E-state index is -0.104. The summed E-state index contributed by atoms with van der Waals surface area (Å²) in [5, 5.41) is 1.77. The molecule has 0 saturated carbocycles. The van der Waals surface area contributed by atoms with Gasteiger partial charge in [0.15, 0.2) is 0 Å². The van der Waals surface area contributed by atoms with Crippen LogP contribution < -0.4 is 0 Å². The summed E-state index contributed by atoms with van der Waals surface area (Å²) in [7, 11) is 0. The first-order valence-corrected chi connectivity index (χ1v) is 8.13. The second-order valence-electron chi connectivity index (χ2n) is 6.67. The molecule has 0 spiro atoms. The first-order valence-electron chi connectivity index (χ1n) is 7.76. The lowest BCUT2D eigenvalue weighted by Crippen LogP contribution is -2.29. The van der Waals surface area contributed by atoms with Crippen LogP contribution in [0, 0.1) is 0 Å². The van der Waals surface area contributed by atoms with E-state index in [4.69, 9.17) is 16.6 Å². The fourth-order valence-electron chi connectivity index (χ4n) is 3.23. The smallest absolute Gasteiger partial charge is 0.0744 e. The summed E-state index contributed by atoms with van der Waals surface area (Å²) in [6, 6.07) is 16.4. The lowest BCUT2D eigenvalue weighted by Gasteiger charge is -2.29. The van der Waals surface area contributed by atoms with Crippen LogP contribution in [0.1, 0.15) is 30.5 Å². The molecule has 4 rings (SSSR count). The lowest BCUT2D eigenvalue weighted by molar-refractivity contribution is 0.513. The van der Waals surface area contributed by atoms with Crippen molar-refractivity contribution in [1.82, 2.24) is 4.98 Å². The number of hydrogen-bond acceptors (Lipinski definition) is 2. The molecule has 2 nitrogen and oxygen atoms in total. The highest BCUT2D eigenvalue weighted by Crippen LogP contribution is 2.30. The van der Waals surface area contributed by atoms with Gasteiger partial charge in [0.1, 0.15) is 0 Å². The van der Waals surface area contributed by atoms with E-state index in [-0.39, 0.29) is 5.54 Å². The second-order valence-corrected chi connectivity index (χ2v) is 7.10. The number of halogens is 1. The summed E-state index contributed by atoms with van der Waals surface area (Å²) in [6.45, 7) is 4.35. The van der Waals surface area contributed by atoms with Crippen molar-refractivity contribution in [3.8, 4) is 0 Å². The van der Waals surface area contributed by atoms with Crippen LogP contribution in [0.25, 0.3) is 10.9 Å². The molecule has 1 aliphatic heterocycles. The van der Waals surface area contributed by atoms with Gasteiger partial charge in [0, 0.05) is 27.7 Å². The van der Waals surface area contributed by atoms with Gasteiger partial charge in [0.2, 0.25) is 0 Å². The summed E-state index contributed by atoms with van der Waals surface area (Å²) < 4.78 is 0. The quantitative estimate of drug-likeness (QED) is 0.615. The highest BCUT2D eigenvalue weighted by Gasteiger charge is 2.27. The van der Waals surface area contributed by atoms with Crippen molar-refractivity contribution in [2.24, 2.45) is 4.99 Å². The van der Waals surface area contributed by atoms with Gasteiger partial charge in [-0.3, -0.25) is 9.98 Å². The third-order valence-corrected chi connectivity index (χ3v) is 4.46. The Morgan fingerprint density at radius 1 is 1.04 bits per heavy atom. The molecule has 0 saturated heterocycles. The number of benzene rings is 2. The number of fused-ring (bicyclic) bond motifs is 2. The monoisotopic (exact) mass is 320 g/mol. The standard InChI is InChI=1S/C20H17ClN2/c1-20(2)11-13-5-3-4-6-17(13)19(23-20)15-9-14-10-16(21)7-8-18(14)22-12-15/h3-10,12H,11H2,1-2H3. The zero-order valence-corrected chi connectivity index (χ0v) is 13.9. The Hall–Kier alpha value is -2.19. The van der Waals surface area contributed by atoms with Crippen molar-refractivity contribution >= 4 is 28.2 Å². The summed E-state index contributed by atoms with van der Waals surface area (Å²) >= 11 is 6.13. The minimum Gasteiger partial charge on any atom is -0.278 e. The van der Waals surface area contributed by atoms with Gasteiger partial charge < -0.3 is 0 Å². The van der Waals surface area contributed by atoms with E-state index in [1.807, 2.05) is 24.4 Å². The van der Waals surface area contributed by atoms with Crippen molar-refractivity contribution in [2.75, 3.05) is 0 Å². The first kappa shape index (κ1) is 14.4. The predicted octanol–water partition coefficient (Wildman–Crippen LogP) is 5.06. The van der Waals surface area contributed by atoms with E-state index in [9.17, 15) is 0 Å². The van der Waals surface area contributed by atoms with E-state index in [1.54, 1.807) is 0 Å². The second kappa shape index (κ2) is 5.17. The van der Waals surface area contributed by atoms with E-state index in [0.717, 1.165) is 33.6 Å². The van der Waals surface area contributed by atoms with Crippen LogP contribution in [0.3, 0.4) is 0 Å². The van der Waals surface area contributed by atoms with E-state index < -0.39 is 0 Å². The minimum absolute atomic E-state index is 0.104. The Labute approximate surface area is 140 Å². The van der Waals surface area contributed by atoms with Crippen LogP contribution in [0.4, 0.5) is 0 Å². The Balaban J connectivity index is 1.93. The number of pyridine rings is 1. The molecule has 1 aliphatic rings. The molecule has 0 aliphatic carbocycles. The highest BCUT2D eigenvalue weighted by molar-refractivity contribution is 6.31. The van der Waals surface area contributed by atoms with Crippen molar-refractivity contribution in [2.45, 2.75) is 25.8 Å². The maximum atomic E-state index is 6.13. The van der Waals surface area contributed by atoms with E-state index >= 15 is 0 Å². The molecule has 0 fully saturated rings.